The summed E-state index contributed by atoms with van der Waals surface area (Å²) in [6.45, 7) is 0. The zero-order chi connectivity index (χ0) is 28.4. The van der Waals surface area contributed by atoms with Crippen LogP contribution < -0.4 is 15.5 Å². The molecule has 4 aromatic rings. The van der Waals surface area contributed by atoms with E-state index in [1.54, 1.807) is 17.5 Å². The average molecular weight is 608 g/mol. The van der Waals surface area contributed by atoms with Crippen molar-refractivity contribution >= 4 is 51.4 Å². The van der Waals surface area contributed by atoms with Crippen LogP contribution in [0.4, 0.5) is 31.5 Å². The van der Waals surface area contributed by atoms with Crippen LogP contribution >= 0.6 is 34.4 Å². The van der Waals surface area contributed by atoms with Gasteiger partial charge in [0, 0.05) is 6.07 Å². The summed E-state index contributed by atoms with van der Waals surface area (Å²) in [7, 11) is 0. The fraction of sp³-hybridized carbons (Fsp3) is 0.136. The number of thioether (sulfide) groups is 1. The van der Waals surface area contributed by atoms with Crippen LogP contribution in [0.3, 0.4) is 0 Å². The monoisotopic (exact) mass is 607 g/mol. The summed E-state index contributed by atoms with van der Waals surface area (Å²) in [5.41, 5.74) is -5.40. The van der Waals surface area contributed by atoms with Gasteiger partial charge in [-0.25, -0.2) is 4.79 Å². The van der Waals surface area contributed by atoms with Crippen molar-refractivity contribution in [1.82, 2.24) is 10.2 Å². The van der Waals surface area contributed by atoms with Crippen molar-refractivity contribution in [3.8, 4) is 5.75 Å². The Hall–Kier alpha value is -3.70. The smallest absolute Gasteiger partial charge is 0.416 e. The third-order valence-electron chi connectivity index (χ3n) is 4.59. The molecule has 1 aromatic carbocycles. The van der Waals surface area contributed by atoms with Crippen molar-refractivity contribution in [2.45, 2.75) is 22.4 Å². The first-order valence-electron chi connectivity index (χ1n) is 10.2. The maximum absolute atomic E-state index is 13.0. The van der Waals surface area contributed by atoms with Crippen LogP contribution in [0.25, 0.3) is 0 Å². The van der Waals surface area contributed by atoms with Crippen LogP contribution in [-0.4, -0.2) is 22.1 Å². The molecule has 0 aliphatic heterocycles. The number of amides is 1. The van der Waals surface area contributed by atoms with Crippen molar-refractivity contribution in [2.75, 3.05) is 5.32 Å². The molecule has 0 fully saturated rings. The molecule has 0 atom stereocenters. The number of rotatable bonds is 7. The van der Waals surface area contributed by atoms with Gasteiger partial charge in [0.1, 0.15) is 12.0 Å². The van der Waals surface area contributed by atoms with Gasteiger partial charge in [0.2, 0.25) is 16.3 Å². The van der Waals surface area contributed by atoms with E-state index in [-0.39, 0.29) is 40.8 Å². The predicted molar refractivity (Wildman–Crippen MR) is 128 cm³/mol. The Morgan fingerprint density at radius 3 is 2.31 bits per heavy atom. The number of nitrogens with one attached hydrogen (secondary N) is 1. The quantitative estimate of drug-likeness (QED) is 0.112. The normalized spacial score (nSPS) is 11.8. The fourth-order valence-electron chi connectivity index (χ4n) is 2.84. The molecule has 0 bridgehead atoms. The Bertz CT molecular complexity index is 1530. The molecule has 0 unspecified atom stereocenters. The van der Waals surface area contributed by atoms with E-state index in [1.165, 1.54) is 11.3 Å². The van der Waals surface area contributed by atoms with Gasteiger partial charge in [-0.3, -0.25) is 14.9 Å². The lowest BCUT2D eigenvalue weighted by Gasteiger charge is -2.13. The van der Waals surface area contributed by atoms with E-state index in [0.717, 1.165) is 29.2 Å². The van der Waals surface area contributed by atoms with Crippen molar-refractivity contribution in [3.63, 3.8) is 0 Å². The number of alkyl halides is 6. The number of carbonyl (C=O) groups is 2. The van der Waals surface area contributed by atoms with Gasteiger partial charge in [0.25, 0.3) is 5.91 Å². The van der Waals surface area contributed by atoms with Gasteiger partial charge >= 0.3 is 18.3 Å². The SMILES string of the molecule is O=C(Oc1coc(CSc2nnc(NC(=O)c3cccs3)s2)cc1=O)c1cc(C(F)(F)F)cc(C(F)(F)F)c1. The van der Waals surface area contributed by atoms with Gasteiger partial charge in [-0.15, -0.1) is 21.5 Å². The van der Waals surface area contributed by atoms with Crippen molar-refractivity contribution in [2.24, 2.45) is 0 Å². The summed E-state index contributed by atoms with van der Waals surface area (Å²) in [6.07, 6.45) is -9.63. The summed E-state index contributed by atoms with van der Waals surface area (Å²) < 4.78 is 88.5. The molecule has 0 aliphatic rings. The lowest BCUT2D eigenvalue weighted by atomic mass is 10.0. The molecular weight excluding hydrogens is 596 g/mol. The molecule has 1 amide bonds. The molecule has 3 heterocycles. The summed E-state index contributed by atoms with van der Waals surface area (Å²) in [5.74, 6) is -2.57. The van der Waals surface area contributed by atoms with Crippen LogP contribution in [-0.2, 0) is 18.1 Å². The number of thiophene rings is 1. The Morgan fingerprint density at radius 1 is 1.03 bits per heavy atom. The highest BCUT2D eigenvalue weighted by Gasteiger charge is 2.37. The first-order valence-corrected chi connectivity index (χ1v) is 12.9. The molecule has 39 heavy (non-hydrogen) atoms. The number of aromatic nitrogens is 2. The second-order valence-corrected chi connectivity index (χ2v) is 10.5. The third-order valence-corrected chi connectivity index (χ3v) is 7.45. The molecule has 4 rings (SSSR count). The molecule has 8 nitrogen and oxygen atoms in total. The van der Waals surface area contributed by atoms with Crippen LogP contribution in [0.1, 0.15) is 36.9 Å². The topological polar surface area (TPSA) is 111 Å². The van der Waals surface area contributed by atoms with Gasteiger partial charge in [0.15, 0.2) is 4.34 Å². The summed E-state index contributed by atoms with van der Waals surface area (Å²) >= 11 is 3.40. The number of hydrogen-bond acceptors (Lipinski definition) is 10. The molecule has 3 aromatic heterocycles. The van der Waals surface area contributed by atoms with E-state index in [4.69, 9.17) is 9.15 Å². The van der Waals surface area contributed by atoms with Crippen LogP contribution in [0, 0.1) is 0 Å². The molecule has 0 spiro atoms. The predicted octanol–water partition coefficient (Wildman–Crippen LogP) is 6.35. The second-order valence-electron chi connectivity index (χ2n) is 7.35. The van der Waals surface area contributed by atoms with E-state index >= 15 is 0 Å². The van der Waals surface area contributed by atoms with E-state index < -0.39 is 46.2 Å². The Morgan fingerprint density at radius 2 is 1.72 bits per heavy atom. The fourth-order valence-corrected chi connectivity index (χ4v) is 5.09. The maximum Gasteiger partial charge on any atom is 0.416 e. The Labute approximate surface area is 225 Å². The standard InChI is InChI=1S/C22H11F6N3O5S3/c23-21(24,25)11-4-10(5-12(6-11)22(26,27)28)18(34)36-15-8-35-13(7-14(15)32)9-38-20-31-30-19(39-20)29-17(33)16-2-1-3-37-16/h1-8H,9H2,(H,29,30,33). The van der Waals surface area contributed by atoms with E-state index in [2.05, 4.69) is 15.5 Å². The largest absolute Gasteiger partial charge is 0.464 e. The highest BCUT2D eigenvalue weighted by molar-refractivity contribution is 8.00. The van der Waals surface area contributed by atoms with Gasteiger partial charge < -0.3 is 9.15 Å². The minimum atomic E-state index is -5.17. The first-order chi connectivity index (χ1) is 18.3. The summed E-state index contributed by atoms with van der Waals surface area (Å²) in [6, 6.07) is 4.52. The number of benzene rings is 1. The number of carbonyl (C=O) groups excluding carboxylic acids is 2. The third kappa shape index (κ3) is 7.24. The summed E-state index contributed by atoms with van der Waals surface area (Å²) in [5, 5.41) is 12.3. The average Bonchev–Trinajstić information content (AvgIpc) is 3.55. The van der Waals surface area contributed by atoms with Crippen molar-refractivity contribution < 1.29 is 45.1 Å². The molecule has 0 aliphatic carbocycles. The molecule has 17 heteroatoms. The number of hydrogen-bond donors (Lipinski definition) is 1. The van der Waals surface area contributed by atoms with Crippen molar-refractivity contribution in [1.29, 1.82) is 0 Å². The van der Waals surface area contributed by atoms with E-state index in [9.17, 15) is 40.7 Å². The van der Waals surface area contributed by atoms with Gasteiger partial charge in [0.05, 0.1) is 27.3 Å². The first kappa shape index (κ1) is 28.3. The zero-order valence-corrected chi connectivity index (χ0v) is 21.2. The number of halogens is 6. The molecular formula is C22H11F6N3O5S3. The molecule has 0 saturated heterocycles. The summed E-state index contributed by atoms with van der Waals surface area (Å²) in [4.78, 5) is 37.2. The van der Waals surface area contributed by atoms with Crippen molar-refractivity contribution in [3.05, 3.63) is 85.6 Å². The Balaban J connectivity index is 1.41. The second kappa shape index (κ2) is 11.2. The number of nitrogens with zero attached hydrogens (tertiary/aromatic N) is 2. The lowest BCUT2D eigenvalue weighted by Crippen LogP contribution is -2.18. The highest BCUT2D eigenvalue weighted by atomic mass is 32.2. The lowest BCUT2D eigenvalue weighted by molar-refractivity contribution is -0.143. The number of ether oxygens (including phenoxy) is 1. The number of anilines is 1. The molecule has 1 N–H and O–H groups in total. The number of esters is 1. The highest BCUT2D eigenvalue weighted by Crippen LogP contribution is 2.36. The maximum atomic E-state index is 13.0. The van der Waals surface area contributed by atoms with Crippen LogP contribution in [0.2, 0.25) is 0 Å². The Kier molecular flexibility index (Phi) is 8.12. The van der Waals surface area contributed by atoms with Crippen LogP contribution in [0.15, 0.2) is 61.6 Å². The molecule has 204 valence electrons. The van der Waals surface area contributed by atoms with E-state index in [0.29, 0.717) is 15.5 Å². The molecule has 0 radical (unpaired) electrons. The van der Waals surface area contributed by atoms with Gasteiger partial charge in [-0.2, -0.15) is 26.3 Å². The van der Waals surface area contributed by atoms with Gasteiger partial charge in [-0.05, 0) is 29.6 Å². The van der Waals surface area contributed by atoms with Gasteiger partial charge in [-0.1, -0.05) is 29.2 Å². The molecule has 0 saturated carbocycles. The van der Waals surface area contributed by atoms with E-state index in [1.807, 2.05) is 0 Å². The zero-order valence-electron chi connectivity index (χ0n) is 18.8. The minimum absolute atomic E-state index is 0.0551. The minimum Gasteiger partial charge on any atom is -0.464 e. The van der Waals surface area contributed by atoms with Crippen LogP contribution in [0.5, 0.6) is 5.75 Å².